The van der Waals surface area contributed by atoms with Gasteiger partial charge in [-0.05, 0) is 45.6 Å². The van der Waals surface area contributed by atoms with Crippen LogP contribution >= 0.6 is 0 Å². The van der Waals surface area contributed by atoms with Crippen LogP contribution in [0.25, 0.3) is 16.8 Å². The minimum absolute atomic E-state index is 0.0586. The van der Waals surface area contributed by atoms with Gasteiger partial charge in [-0.3, -0.25) is 15.0 Å². The Kier molecular flexibility index (Phi) is 5.78. The Labute approximate surface area is 220 Å². The summed E-state index contributed by atoms with van der Waals surface area (Å²) in [4.78, 5) is 16.1. The fourth-order valence-corrected chi connectivity index (χ4v) is 7.09. The number of H-pyrrole nitrogens is 1. The van der Waals surface area contributed by atoms with Crippen molar-refractivity contribution >= 4 is 21.3 Å². The van der Waals surface area contributed by atoms with Crippen LogP contribution in [0.4, 0.5) is 5.82 Å². The smallest absolute Gasteiger partial charge is 0.180 e. The molecule has 13 heteroatoms. The Morgan fingerprint density at radius 1 is 1.16 bits per heavy atom. The fraction of sp³-hybridized carbons (Fsp3) is 0.480. The Hall–Kier alpha value is -3.42. The maximum absolute atomic E-state index is 13.0. The molecular weight excluding hydrogens is 506 g/mol. The van der Waals surface area contributed by atoms with Crippen LogP contribution in [0.15, 0.2) is 35.7 Å². The number of hydrogen-bond acceptors (Lipinski definition) is 10. The molecule has 3 atom stereocenters. The molecule has 1 unspecified atom stereocenters. The van der Waals surface area contributed by atoms with Crippen molar-refractivity contribution in [3.05, 3.63) is 48.1 Å². The van der Waals surface area contributed by atoms with Crippen LogP contribution in [0.3, 0.4) is 0 Å². The highest BCUT2D eigenvalue weighted by Crippen LogP contribution is 2.45. The van der Waals surface area contributed by atoms with Gasteiger partial charge >= 0.3 is 0 Å². The van der Waals surface area contributed by atoms with Crippen LogP contribution in [0, 0.1) is 0 Å². The van der Waals surface area contributed by atoms with E-state index in [4.69, 9.17) is 10.7 Å². The molecule has 0 saturated carbocycles. The molecule has 4 aromatic heterocycles. The first-order valence-electron chi connectivity index (χ1n) is 12.7. The quantitative estimate of drug-likeness (QED) is 0.331. The molecular formula is C25H31N9O3S. The van der Waals surface area contributed by atoms with Gasteiger partial charge in [0.05, 0.1) is 24.1 Å². The largest absolute Gasteiger partial charge is 0.384 e. The van der Waals surface area contributed by atoms with Crippen molar-refractivity contribution in [2.75, 3.05) is 12.0 Å². The standard InChI is InChI=1S/C25H31N9O3S/c1-25(2,35)19-7-4-14(10-27-19)18-11-30-34-23(26)22(38(3,36)37)21(31-24(18)34)15-8-16-5-6-17(9-15)33(16)12-20-28-13-29-32-20/h4,7,10-11,13,15-17,35H,5-6,8-9,12,26H2,1-3H3,(H,28,29,32)/t15?,16-,17+. The topological polar surface area (TPSA) is 168 Å². The van der Waals surface area contributed by atoms with Crippen LogP contribution in [-0.2, 0) is 22.0 Å². The van der Waals surface area contributed by atoms with Crippen LogP contribution in [0.5, 0.6) is 0 Å². The SMILES string of the molecule is CC(C)(O)c1ccc(-c2cnn3c(N)c(S(C)(=O)=O)c(C4C[C@H]5CC[C@@H](C4)N5Cc4ncn[nH]4)nc23)cn1. The van der Waals surface area contributed by atoms with Crippen LogP contribution in [0.1, 0.15) is 62.7 Å². The van der Waals surface area contributed by atoms with E-state index in [9.17, 15) is 13.5 Å². The van der Waals surface area contributed by atoms with Crippen molar-refractivity contribution in [3.63, 3.8) is 0 Å². The van der Waals surface area contributed by atoms with Gasteiger partial charge in [0.1, 0.15) is 28.5 Å². The molecule has 4 aromatic rings. The number of nitrogens with zero attached hydrogens (tertiary/aromatic N) is 7. The molecule has 2 saturated heterocycles. The highest BCUT2D eigenvalue weighted by molar-refractivity contribution is 7.91. The van der Waals surface area contributed by atoms with Gasteiger partial charge < -0.3 is 10.8 Å². The summed E-state index contributed by atoms with van der Waals surface area (Å²) in [7, 11) is -3.68. The summed E-state index contributed by atoms with van der Waals surface area (Å²) in [5.41, 5.74) is 8.40. The van der Waals surface area contributed by atoms with E-state index in [0.717, 1.165) is 37.1 Å². The van der Waals surface area contributed by atoms with E-state index in [1.165, 1.54) is 17.1 Å². The molecule has 200 valence electrons. The second kappa shape index (κ2) is 8.82. The van der Waals surface area contributed by atoms with Gasteiger partial charge in [-0.1, -0.05) is 6.07 Å². The zero-order valence-corrected chi connectivity index (χ0v) is 22.4. The molecule has 2 bridgehead atoms. The number of rotatable bonds is 6. The first kappa shape index (κ1) is 24.9. The van der Waals surface area contributed by atoms with Crippen molar-refractivity contribution in [3.8, 4) is 11.1 Å². The third-order valence-corrected chi connectivity index (χ3v) is 8.96. The molecule has 2 aliphatic rings. The van der Waals surface area contributed by atoms with E-state index >= 15 is 0 Å². The Morgan fingerprint density at radius 2 is 1.89 bits per heavy atom. The second-order valence-electron chi connectivity index (χ2n) is 10.9. The second-order valence-corrected chi connectivity index (χ2v) is 12.9. The number of hydrogen-bond donors (Lipinski definition) is 3. The Bertz CT molecular complexity index is 1580. The summed E-state index contributed by atoms with van der Waals surface area (Å²) in [6.45, 7) is 4.04. The molecule has 38 heavy (non-hydrogen) atoms. The Balaban J connectivity index is 1.41. The lowest BCUT2D eigenvalue weighted by Gasteiger charge is -2.38. The van der Waals surface area contributed by atoms with Gasteiger partial charge in [-0.25, -0.2) is 18.4 Å². The van der Waals surface area contributed by atoms with Gasteiger partial charge in [0.15, 0.2) is 15.5 Å². The maximum atomic E-state index is 13.0. The molecule has 0 aliphatic carbocycles. The average Bonchev–Trinajstić information content (AvgIpc) is 3.57. The lowest BCUT2D eigenvalue weighted by Crippen LogP contribution is -2.42. The van der Waals surface area contributed by atoms with Crippen LogP contribution in [-0.4, -0.2) is 71.5 Å². The number of anilines is 1. The summed E-state index contributed by atoms with van der Waals surface area (Å²) < 4.78 is 27.4. The molecule has 0 radical (unpaired) electrons. The van der Waals surface area contributed by atoms with Crippen LogP contribution in [0.2, 0.25) is 0 Å². The normalized spacial score (nSPS) is 22.4. The first-order chi connectivity index (χ1) is 18.0. The van der Waals surface area contributed by atoms with E-state index in [1.54, 1.807) is 32.3 Å². The lowest BCUT2D eigenvalue weighted by atomic mass is 9.87. The molecule has 0 spiro atoms. The summed E-state index contributed by atoms with van der Waals surface area (Å²) in [6, 6.07) is 4.19. The van der Waals surface area contributed by atoms with Gasteiger partial charge in [0.2, 0.25) is 0 Å². The Morgan fingerprint density at radius 3 is 2.47 bits per heavy atom. The summed E-state index contributed by atoms with van der Waals surface area (Å²) in [5.74, 6) is 0.833. The number of aliphatic hydroxyl groups is 1. The van der Waals surface area contributed by atoms with Crippen molar-refractivity contribution < 1.29 is 13.5 Å². The van der Waals surface area contributed by atoms with Crippen molar-refractivity contribution in [2.24, 2.45) is 0 Å². The number of piperidine rings is 1. The molecule has 12 nitrogen and oxygen atoms in total. The molecule has 0 aromatic carbocycles. The van der Waals surface area contributed by atoms with Gasteiger partial charge in [-0.2, -0.15) is 14.7 Å². The first-order valence-corrected chi connectivity index (χ1v) is 14.6. The van der Waals surface area contributed by atoms with Gasteiger partial charge in [0, 0.05) is 41.6 Å². The summed E-state index contributed by atoms with van der Waals surface area (Å²) >= 11 is 0. The highest BCUT2D eigenvalue weighted by atomic mass is 32.2. The van der Waals surface area contributed by atoms with E-state index in [1.807, 2.05) is 6.07 Å². The number of fused-ring (bicyclic) bond motifs is 3. The van der Waals surface area contributed by atoms with E-state index in [2.05, 4.69) is 30.2 Å². The van der Waals surface area contributed by atoms with Crippen molar-refractivity contribution in [1.82, 2.24) is 39.7 Å². The molecule has 2 aliphatic heterocycles. The zero-order chi connectivity index (χ0) is 26.8. The predicted octanol–water partition coefficient (Wildman–Crippen LogP) is 2.03. The van der Waals surface area contributed by atoms with Crippen molar-refractivity contribution in [1.29, 1.82) is 0 Å². The number of pyridine rings is 1. The third kappa shape index (κ3) is 4.24. The maximum Gasteiger partial charge on any atom is 0.180 e. The van der Waals surface area contributed by atoms with Gasteiger partial charge in [-0.15, -0.1) is 0 Å². The van der Waals surface area contributed by atoms with E-state index < -0.39 is 15.4 Å². The number of nitrogens with one attached hydrogen (secondary N) is 1. The minimum atomic E-state index is -3.68. The van der Waals surface area contributed by atoms with E-state index in [-0.39, 0.29) is 16.6 Å². The molecule has 6 heterocycles. The van der Waals surface area contributed by atoms with E-state index in [0.29, 0.717) is 41.2 Å². The number of sulfone groups is 1. The highest BCUT2D eigenvalue weighted by Gasteiger charge is 2.43. The fourth-order valence-electron chi connectivity index (χ4n) is 6.03. The predicted molar refractivity (Wildman–Crippen MR) is 140 cm³/mol. The van der Waals surface area contributed by atoms with Crippen molar-refractivity contribution in [2.45, 2.75) is 74.6 Å². The molecule has 0 amide bonds. The molecule has 4 N–H and O–H groups in total. The summed E-state index contributed by atoms with van der Waals surface area (Å²) in [5, 5.41) is 21.6. The zero-order valence-electron chi connectivity index (χ0n) is 21.5. The van der Waals surface area contributed by atoms with Crippen LogP contribution < -0.4 is 5.73 Å². The third-order valence-electron chi connectivity index (χ3n) is 7.80. The molecule has 2 fully saturated rings. The molecule has 6 rings (SSSR count). The van der Waals surface area contributed by atoms with Gasteiger partial charge in [0.25, 0.3) is 0 Å². The minimum Gasteiger partial charge on any atom is -0.384 e. The lowest BCUT2D eigenvalue weighted by molar-refractivity contribution is 0.0739. The number of aromatic nitrogens is 7. The monoisotopic (exact) mass is 537 g/mol. The number of aromatic amines is 1. The summed E-state index contributed by atoms with van der Waals surface area (Å²) in [6.07, 6.45) is 9.61. The number of nitrogens with two attached hydrogens (primary N) is 1. The average molecular weight is 538 g/mol. The number of nitrogen functional groups attached to an aromatic ring is 1.